The number of hydrogen-bond acceptors (Lipinski definition) is 6. The number of ether oxygens (including phenoxy) is 2. The molecule has 1 aromatic carbocycles. The summed E-state index contributed by atoms with van der Waals surface area (Å²) >= 11 is 0. The van der Waals surface area contributed by atoms with Crippen LogP contribution in [0.2, 0.25) is 0 Å². The molecule has 0 amide bonds. The summed E-state index contributed by atoms with van der Waals surface area (Å²) in [6.45, 7) is -0.551. The van der Waals surface area contributed by atoms with Gasteiger partial charge in [0.1, 0.15) is 35.9 Å². The number of hydrogen-bond donors (Lipinski definition) is 1. The highest BCUT2D eigenvalue weighted by molar-refractivity contribution is 7.85. The maximum Gasteiger partial charge on any atom is 0.426 e. The first-order chi connectivity index (χ1) is 12.7. The van der Waals surface area contributed by atoms with Crippen LogP contribution in [0.3, 0.4) is 0 Å². The summed E-state index contributed by atoms with van der Waals surface area (Å²) in [5.41, 5.74) is 2.75. The molecule has 0 saturated heterocycles. The standard InChI is InChI=1S/C14H18B3F3O7S/c15-5-9-8(3-7(16)4-10(9)17)13(22)26-2-1-12(21)27-11(14(18,19)20)6-28(23,24)25/h3-4,11H,1-2,5-6,15-17H2,(H,23,24,25). The molecule has 0 radical (unpaired) electrons. The third kappa shape index (κ3) is 7.59. The molecule has 1 aromatic rings. The van der Waals surface area contributed by atoms with Gasteiger partial charge in [-0.05, 0) is 5.56 Å². The number of alkyl halides is 3. The molecule has 1 rings (SSSR count). The number of rotatable bonds is 8. The maximum atomic E-state index is 12.7. The average Bonchev–Trinajstić information content (AvgIpc) is 2.51. The zero-order valence-corrected chi connectivity index (χ0v) is 16.3. The van der Waals surface area contributed by atoms with Crippen LogP contribution >= 0.6 is 0 Å². The van der Waals surface area contributed by atoms with Crippen molar-refractivity contribution in [3.05, 3.63) is 23.3 Å². The third-order valence-electron chi connectivity index (χ3n) is 3.73. The van der Waals surface area contributed by atoms with E-state index in [0.717, 1.165) is 16.5 Å². The zero-order chi connectivity index (χ0) is 21.7. The second kappa shape index (κ2) is 9.50. The van der Waals surface area contributed by atoms with Gasteiger partial charge in [-0.2, -0.15) is 21.6 Å². The molecule has 1 unspecified atom stereocenters. The largest absolute Gasteiger partial charge is 0.461 e. The molecule has 1 N–H and O–H groups in total. The highest BCUT2D eigenvalue weighted by Gasteiger charge is 2.45. The van der Waals surface area contributed by atoms with Crippen LogP contribution in [0.15, 0.2) is 12.1 Å². The quantitative estimate of drug-likeness (QED) is 0.276. The van der Waals surface area contributed by atoms with E-state index in [0.29, 0.717) is 11.9 Å². The highest BCUT2D eigenvalue weighted by Crippen LogP contribution is 2.24. The van der Waals surface area contributed by atoms with Crippen molar-refractivity contribution in [1.82, 2.24) is 0 Å². The number of carbonyl (C=O) groups is 2. The lowest BCUT2D eigenvalue weighted by Gasteiger charge is -2.19. The third-order valence-corrected chi connectivity index (χ3v) is 4.45. The van der Waals surface area contributed by atoms with E-state index in [4.69, 9.17) is 9.29 Å². The van der Waals surface area contributed by atoms with Crippen LogP contribution in [0.1, 0.15) is 22.3 Å². The molecule has 0 spiro atoms. The molecule has 7 nitrogen and oxygen atoms in total. The van der Waals surface area contributed by atoms with Gasteiger partial charge in [-0.15, -0.1) is 0 Å². The maximum absolute atomic E-state index is 12.7. The summed E-state index contributed by atoms with van der Waals surface area (Å²) < 4.78 is 76.9. The molecular formula is C14H18B3F3O7S. The monoisotopic (exact) mass is 420 g/mol. The van der Waals surface area contributed by atoms with Crippen molar-refractivity contribution in [1.29, 1.82) is 0 Å². The summed E-state index contributed by atoms with van der Waals surface area (Å²) in [6.07, 6.45) is -8.36. The van der Waals surface area contributed by atoms with E-state index in [1.165, 1.54) is 0 Å². The van der Waals surface area contributed by atoms with Crippen LogP contribution in [0.25, 0.3) is 0 Å². The predicted molar refractivity (Wildman–Crippen MR) is 102 cm³/mol. The van der Waals surface area contributed by atoms with Crippen molar-refractivity contribution < 1.29 is 45.2 Å². The van der Waals surface area contributed by atoms with Crippen LogP contribution in [0.4, 0.5) is 13.2 Å². The van der Waals surface area contributed by atoms with Gasteiger partial charge in [0.2, 0.25) is 6.10 Å². The van der Waals surface area contributed by atoms with Crippen LogP contribution < -0.4 is 10.9 Å². The minimum Gasteiger partial charge on any atom is -0.461 e. The van der Waals surface area contributed by atoms with Crippen molar-refractivity contribution >= 4 is 56.5 Å². The van der Waals surface area contributed by atoms with Crippen molar-refractivity contribution in [2.24, 2.45) is 0 Å². The van der Waals surface area contributed by atoms with E-state index in [1.54, 1.807) is 13.9 Å². The van der Waals surface area contributed by atoms with Gasteiger partial charge in [-0.25, -0.2) is 4.79 Å². The Balaban J connectivity index is 2.70. The number of carbonyl (C=O) groups excluding carboxylic acids is 2. The molecule has 0 aliphatic rings. The predicted octanol–water partition coefficient (Wildman–Crippen LogP) is -2.75. The lowest BCUT2D eigenvalue weighted by molar-refractivity contribution is -0.215. The van der Waals surface area contributed by atoms with Gasteiger partial charge in [-0.3, -0.25) is 9.35 Å². The summed E-state index contributed by atoms with van der Waals surface area (Å²) in [4.78, 5) is 23.8. The highest BCUT2D eigenvalue weighted by atomic mass is 32.2. The minimum atomic E-state index is -5.18. The Bertz CT molecular complexity index is 843. The Morgan fingerprint density at radius 2 is 1.82 bits per heavy atom. The Hall–Kier alpha value is -1.95. The SMILES string of the molecule is BCc1c(B)cc(B)cc1C(=O)OCCC(=O)OC(CS(=O)(=O)O)C(F)(F)F. The van der Waals surface area contributed by atoms with Crippen molar-refractivity contribution in [2.45, 2.75) is 25.0 Å². The Morgan fingerprint density at radius 3 is 2.32 bits per heavy atom. The second-order valence-corrected chi connectivity index (χ2v) is 7.61. The van der Waals surface area contributed by atoms with E-state index in [2.05, 4.69) is 4.74 Å². The van der Waals surface area contributed by atoms with Crippen LogP contribution in [-0.2, 0) is 30.7 Å². The van der Waals surface area contributed by atoms with E-state index in [-0.39, 0.29) is 0 Å². The molecule has 0 saturated carbocycles. The molecule has 0 aliphatic carbocycles. The van der Waals surface area contributed by atoms with Gasteiger partial charge in [0.05, 0.1) is 12.0 Å². The Labute approximate surface area is 162 Å². The average molecular weight is 420 g/mol. The summed E-state index contributed by atoms with van der Waals surface area (Å²) in [5.74, 6) is -3.97. The molecule has 0 bridgehead atoms. The Morgan fingerprint density at radius 1 is 1.21 bits per heavy atom. The number of esters is 2. The van der Waals surface area contributed by atoms with Gasteiger partial charge in [-0.1, -0.05) is 29.4 Å². The Kier molecular flexibility index (Phi) is 8.18. The fraction of sp³-hybridized carbons (Fsp3) is 0.429. The second-order valence-electron chi connectivity index (χ2n) is 6.12. The van der Waals surface area contributed by atoms with E-state index < -0.39 is 53.1 Å². The van der Waals surface area contributed by atoms with Gasteiger partial charge >= 0.3 is 18.1 Å². The normalized spacial score (nSPS) is 13.0. The van der Waals surface area contributed by atoms with Gasteiger partial charge in [0, 0.05) is 0 Å². The van der Waals surface area contributed by atoms with Crippen LogP contribution in [-0.4, -0.2) is 73.1 Å². The first kappa shape index (κ1) is 24.1. The van der Waals surface area contributed by atoms with Crippen molar-refractivity contribution in [2.75, 3.05) is 12.4 Å². The fourth-order valence-corrected chi connectivity index (χ4v) is 3.20. The number of halogens is 3. The van der Waals surface area contributed by atoms with E-state index in [1.807, 2.05) is 21.8 Å². The van der Waals surface area contributed by atoms with Crippen molar-refractivity contribution in [3.8, 4) is 0 Å². The fourth-order valence-electron chi connectivity index (χ4n) is 2.56. The van der Waals surface area contributed by atoms with Gasteiger partial charge < -0.3 is 9.47 Å². The zero-order valence-electron chi connectivity index (χ0n) is 15.5. The van der Waals surface area contributed by atoms with Gasteiger partial charge in [0.15, 0.2) is 0 Å². The topological polar surface area (TPSA) is 107 Å². The molecule has 152 valence electrons. The summed E-state index contributed by atoms with van der Waals surface area (Å²) in [6, 6.07) is 3.50. The van der Waals surface area contributed by atoms with Crippen molar-refractivity contribution in [3.63, 3.8) is 0 Å². The van der Waals surface area contributed by atoms with Crippen LogP contribution in [0, 0.1) is 0 Å². The molecule has 0 heterocycles. The molecule has 14 heteroatoms. The lowest BCUT2D eigenvalue weighted by Crippen LogP contribution is -2.39. The first-order valence-corrected chi connectivity index (χ1v) is 9.84. The lowest BCUT2D eigenvalue weighted by atomic mass is 9.77. The molecule has 28 heavy (non-hydrogen) atoms. The smallest absolute Gasteiger partial charge is 0.426 e. The molecule has 0 aliphatic heterocycles. The molecule has 1 atom stereocenters. The van der Waals surface area contributed by atoms with Gasteiger partial charge in [0.25, 0.3) is 10.1 Å². The summed E-state index contributed by atoms with van der Waals surface area (Å²) in [7, 11) is 0.436. The first-order valence-electron chi connectivity index (χ1n) is 8.23. The minimum absolute atomic E-state index is 0.299. The van der Waals surface area contributed by atoms with Crippen LogP contribution in [0.5, 0.6) is 0 Å². The molecule has 0 aromatic heterocycles. The number of benzene rings is 1. The van der Waals surface area contributed by atoms with E-state index in [9.17, 15) is 31.2 Å². The molecular weight excluding hydrogens is 402 g/mol. The summed E-state index contributed by atoms with van der Waals surface area (Å²) in [5, 5.41) is 0. The molecule has 0 fully saturated rings. The van der Waals surface area contributed by atoms with E-state index >= 15 is 0 Å².